The van der Waals surface area contributed by atoms with Gasteiger partial charge in [0.25, 0.3) is 0 Å². The van der Waals surface area contributed by atoms with Crippen molar-refractivity contribution in [3.05, 3.63) is 0 Å². The molecule has 0 aromatic rings. The van der Waals surface area contributed by atoms with E-state index in [0.29, 0.717) is 6.42 Å². The summed E-state index contributed by atoms with van der Waals surface area (Å²) in [6.45, 7) is 5.50. The highest BCUT2D eigenvalue weighted by molar-refractivity contribution is 5.85. The average Bonchev–Trinajstić information content (AvgIpc) is 2.22. The molecule has 0 rings (SSSR count). The van der Waals surface area contributed by atoms with Gasteiger partial charge in [0.1, 0.15) is 0 Å². The number of carboxylic acid groups (broad SMARTS) is 1. The topological polar surface area (TPSA) is 122 Å². The second kappa shape index (κ2) is 7.73. The van der Waals surface area contributed by atoms with Crippen LogP contribution in [0, 0.1) is 5.41 Å². The zero-order valence-electron chi connectivity index (χ0n) is 11.7. The lowest BCUT2D eigenvalue weighted by atomic mass is 9.87. The smallest absolute Gasteiger partial charge is 0.305 e. The molecule has 19 heavy (non-hydrogen) atoms. The lowest BCUT2D eigenvalue weighted by Gasteiger charge is -2.25. The molecule has 1 unspecified atom stereocenters. The first kappa shape index (κ1) is 17.4. The van der Waals surface area contributed by atoms with Crippen molar-refractivity contribution in [1.82, 2.24) is 10.6 Å². The summed E-state index contributed by atoms with van der Waals surface area (Å²) in [6.07, 6.45) is 0.393. The minimum atomic E-state index is -0.972. The highest BCUT2D eigenvalue weighted by Gasteiger charge is 2.22. The Labute approximate surface area is 112 Å². The molecule has 1 atom stereocenters. The third-order valence-electron chi connectivity index (χ3n) is 2.28. The van der Waals surface area contributed by atoms with Crippen molar-refractivity contribution in [2.45, 2.75) is 39.7 Å². The van der Waals surface area contributed by atoms with Gasteiger partial charge in [-0.25, -0.2) is 0 Å². The first-order valence-electron chi connectivity index (χ1n) is 6.12. The lowest BCUT2D eigenvalue weighted by molar-refractivity contribution is -0.138. The number of carbonyl (C=O) groups excluding carboxylic acids is 2. The summed E-state index contributed by atoms with van der Waals surface area (Å²) in [7, 11) is 0. The first-order chi connectivity index (χ1) is 8.64. The average molecular weight is 273 g/mol. The predicted molar refractivity (Wildman–Crippen MR) is 70.3 cm³/mol. The molecule has 0 saturated carbocycles. The summed E-state index contributed by atoms with van der Waals surface area (Å²) < 4.78 is 0. The number of nitrogens with two attached hydrogens (primary N) is 1. The van der Waals surface area contributed by atoms with Gasteiger partial charge in [0.15, 0.2) is 0 Å². The number of hydrogen-bond donors (Lipinski definition) is 4. The van der Waals surface area contributed by atoms with Gasteiger partial charge in [-0.2, -0.15) is 0 Å². The van der Waals surface area contributed by atoms with Gasteiger partial charge in [0.2, 0.25) is 11.8 Å². The highest BCUT2D eigenvalue weighted by Crippen LogP contribution is 2.22. The Morgan fingerprint density at radius 3 is 2.21 bits per heavy atom. The minimum absolute atomic E-state index is 0.103. The van der Waals surface area contributed by atoms with E-state index in [0.717, 1.165) is 0 Å². The number of carboxylic acids is 1. The van der Waals surface area contributed by atoms with E-state index in [4.69, 9.17) is 10.8 Å². The van der Waals surface area contributed by atoms with Crippen molar-refractivity contribution in [2.75, 3.05) is 13.1 Å². The summed E-state index contributed by atoms with van der Waals surface area (Å²) in [5.74, 6) is -1.82. The Morgan fingerprint density at radius 2 is 1.79 bits per heavy atom. The van der Waals surface area contributed by atoms with E-state index in [-0.39, 0.29) is 24.9 Å². The maximum Gasteiger partial charge on any atom is 0.305 e. The molecule has 7 heteroatoms. The number of aliphatic carboxylic acids is 1. The van der Waals surface area contributed by atoms with Gasteiger partial charge in [-0.3, -0.25) is 14.4 Å². The van der Waals surface area contributed by atoms with E-state index in [2.05, 4.69) is 10.6 Å². The molecule has 0 spiro atoms. The van der Waals surface area contributed by atoms with Crippen LogP contribution < -0.4 is 16.4 Å². The standard InChI is InChI=1S/C12H23N3O4/c1-12(2,3)5-8(4-11(18)19)15-10(17)7-14-9(16)6-13/h8H,4-7,13H2,1-3H3,(H,14,16)(H,15,17)(H,18,19). The minimum Gasteiger partial charge on any atom is -0.481 e. The zero-order chi connectivity index (χ0) is 15.1. The Morgan fingerprint density at radius 1 is 1.21 bits per heavy atom. The fourth-order valence-corrected chi connectivity index (χ4v) is 1.65. The maximum absolute atomic E-state index is 11.6. The van der Waals surface area contributed by atoms with Crippen LogP contribution in [0.15, 0.2) is 0 Å². The van der Waals surface area contributed by atoms with E-state index >= 15 is 0 Å². The predicted octanol–water partition coefficient (Wildman–Crippen LogP) is -0.543. The monoisotopic (exact) mass is 273 g/mol. The van der Waals surface area contributed by atoms with Gasteiger partial charge < -0.3 is 21.5 Å². The van der Waals surface area contributed by atoms with Crippen LogP contribution in [0.3, 0.4) is 0 Å². The molecule has 0 radical (unpaired) electrons. The van der Waals surface area contributed by atoms with Crippen molar-refractivity contribution in [2.24, 2.45) is 11.1 Å². The Bertz CT molecular complexity index is 336. The molecule has 2 amide bonds. The van der Waals surface area contributed by atoms with Crippen LogP contribution in [-0.4, -0.2) is 42.0 Å². The Balaban J connectivity index is 4.34. The fourth-order valence-electron chi connectivity index (χ4n) is 1.65. The summed E-state index contributed by atoms with van der Waals surface area (Å²) in [5, 5.41) is 13.8. The van der Waals surface area contributed by atoms with Crippen LogP contribution in [0.2, 0.25) is 0 Å². The third-order valence-corrected chi connectivity index (χ3v) is 2.28. The van der Waals surface area contributed by atoms with Crippen molar-refractivity contribution in [1.29, 1.82) is 0 Å². The molecular weight excluding hydrogens is 250 g/mol. The number of hydrogen-bond acceptors (Lipinski definition) is 4. The zero-order valence-corrected chi connectivity index (χ0v) is 11.7. The number of carbonyl (C=O) groups is 3. The number of amides is 2. The summed E-state index contributed by atoms with van der Waals surface area (Å²) in [4.78, 5) is 33.2. The van der Waals surface area contributed by atoms with Crippen LogP contribution in [-0.2, 0) is 14.4 Å². The van der Waals surface area contributed by atoms with E-state index in [9.17, 15) is 14.4 Å². The van der Waals surface area contributed by atoms with Crippen molar-refractivity contribution in [3.8, 4) is 0 Å². The number of nitrogens with one attached hydrogen (secondary N) is 2. The molecule has 110 valence electrons. The van der Waals surface area contributed by atoms with Gasteiger partial charge in [-0.05, 0) is 11.8 Å². The number of rotatable bonds is 7. The maximum atomic E-state index is 11.6. The van der Waals surface area contributed by atoms with E-state index in [1.54, 1.807) is 0 Å². The first-order valence-corrected chi connectivity index (χ1v) is 6.12. The molecule has 0 heterocycles. The summed E-state index contributed by atoms with van der Waals surface area (Å²) in [6, 6.07) is -0.459. The van der Waals surface area contributed by atoms with E-state index < -0.39 is 23.8 Å². The van der Waals surface area contributed by atoms with E-state index in [1.165, 1.54) is 0 Å². The fraction of sp³-hybridized carbons (Fsp3) is 0.750. The normalized spacial score (nSPS) is 12.6. The van der Waals surface area contributed by atoms with Gasteiger partial charge in [-0.15, -0.1) is 0 Å². The largest absolute Gasteiger partial charge is 0.481 e. The molecule has 0 aliphatic heterocycles. The highest BCUT2D eigenvalue weighted by atomic mass is 16.4. The molecule has 0 bridgehead atoms. The van der Waals surface area contributed by atoms with Gasteiger partial charge in [0, 0.05) is 6.04 Å². The Hall–Kier alpha value is -1.63. The molecule has 0 aromatic carbocycles. The van der Waals surface area contributed by atoms with Crippen LogP contribution in [0.25, 0.3) is 0 Å². The van der Waals surface area contributed by atoms with Crippen LogP contribution in [0.1, 0.15) is 33.6 Å². The van der Waals surface area contributed by atoms with Crippen LogP contribution in [0.4, 0.5) is 0 Å². The summed E-state index contributed by atoms with van der Waals surface area (Å²) in [5.41, 5.74) is 4.98. The van der Waals surface area contributed by atoms with Gasteiger partial charge in [0.05, 0.1) is 19.5 Å². The molecule has 0 aliphatic carbocycles. The molecule has 5 N–H and O–H groups in total. The quantitative estimate of drug-likeness (QED) is 0.496. The third kappa shape index (κ3) is 10.0. The Kier molecular flexibility index (Phi) is 7.06. The van der Waals surface area contributed by atoms with Crippen molar-refractivity contribution in [3.63, 3.8) is 0 Å². The molecule has 0 aromatic heterocycles. The summed E-state index contributed by atoms with van der Waals surface area (Å²) >= 11 is 0. The second-order valence-corrected chi connectivity index (χ2v) is 5.61. The van der Waals surface area contributed by atoms with Crippen LogP contribution in [0.5, 0.6) is 0 Å². The van der Waals surface area contributed by atoms with Crippen LogP contribution >= 0.6 is 0 Å². The van der Waals surface area contributed by atoms with Crippen molar-refractivity contribution < 1.29 is 19.5 Å². The van der Waals surface area contributed by atoms with Gasteiger partial charge in [-0.1, -0.05) is 20.8 Å². The molecule has 7 nitrogen and oxygen atoms in total. The molecular formula is C12H23N3O4. The van der Waals surface area contributed by atoms with Gasteiger partial charge >= 0.3 is 5.97 Å². The second-order valence-electron chi connectivity index (χ2n) is 5.61. The molecule has 0 aliphatic rings. The SMILES string of the molecule is CC(C)(C)CC(CC(=O)O)NC(=O)CNC(=O)CN. The molecule has 0 saturated heterocycles. The van der Waals surface area contributed by atoms with E-state index in [1.807, 2.05) is 20.8 Å². The van der Waals surface area contributed by atoms with Crippen molar-refractivity contribution >= 4 is 17.8 Å². The lowest BCUT2D eigenvalue weighted by Crippen LogP contribution is -2.45. The molecule has 0 fully saturated rings.